The van der Waals surface area contributed by atoms with Crippen molar-refractivity contribution in [3.05, 3.63) is 23.5 Å². The second-order valence-electron chi connectivity index (χ2n) is 5.12. The normalized spacial score (nSPS) is 19.3. The molecule has 0 amide bonds. The first-order valence-electron chi connectivity index (χ1n) is 6.91. The van der Waals surface area contributed by atoms with Crippen LogP contribution in [0.1, 0.15) is 24.7 Å². The number of alkyl halides is 3. The summed E-state index contributed by atoms with van der Waals surface area (Å²) < 4.78 is 40.3. The lowest BCUT2D eigenvalue weighted by atomic mass is 10.2. The molecule has 1 fully saturated rings. The maximum Gasteiger partial charge on any atom is 0.433 e. The van der Waals surface area contributed by atoms with Gasteiger partial charge in [0.05, 0.1) is 5.69 Å². The van der Waals surface area contributed by atoms with Crippen molar-refractivity contribution in [2.24, 2.45) is 0 Å². The zero-order valence-corrected chi connectivity index (χ0v) is 11.5. The second-order valence-corrected chi connectivity index (χ2v) is 5.12. The molecular formula is C13H16F3N5. The summed E-state index contributed by atoms with van der Waals surface area (Å²) in [4.78, 5) is 3.67. The largest absolute Gasteiger partial charge is 0.433 e. The van der Waals surface area contributed by atoms with Gasteiger partial charge in [-0.05, 0) is 19.4 Å². The van der Waals surface area contributed by atoms with Gasteiger partial charge in [0, 0.05) is 24.7 Å². The lowest BCUT2D eigenvalue weighted by Gasteiger charge is -2.15. The molecule has 0 spiro atoms. The van der Waals surface area contributed by atoms with E-state index in [-0.39, 0.29) is 11.7 Å². The molecule has 2 aromatic rings. The Morgan fingerprint density at radius 3 is 2.86 bits per heavy atom. The number of hydrogen-bond donors (Lipinski definition) is 2. The third-order valence-electron chi connectivity index (χ3n) is 3.54. The highest BCUT2D eigenvalue weighted by atomic mass is 19.4. The van der Waals surface area contributed by atoms with Gasteiger partial charge >= 0.3 is 6.18 Å². The summed E-state index contributed by atoms with van der Waals surface area (Å²) in [6, 6.07) is 2.72. The van der Waals surface area contributed by atoms with Gasteiger partial charge in [0.2, 0.25) is 0 Å². The number of halogens is 3. The Labute approximate surface area is 119 Å². The molecule has 8 heteroatoms. The molecule has 2 aromatic heterocycles. The zero-order valence-electron chi connectivity index (χ0n) is 11.5. The molecule has 0 radical (unpaired) electrons. The lowest BCUT2D eigenvalue weighted by molar-refractivity contribution is -0.141. The molecule has 21 heavy (non-hydrogen) atoms. The average Bonchev–Trinajstić information content (AvgIpc) is 3.05. The van der Waals surface area contributed by atoms with Crippen LogP contribution in [-0.2, 0) is 12.6 Å². The maximum absolute atomic E-state index is 13.0. The van der Waals surface area contributed by atoms with Crippen molar-refractivity contribution < 1.29 is 13.2 Å². The Hall–Kier alpha value is -1.83. The van der Waals surface area contributed by atoms with E-state index in [0.29, 0.717) is 12.2 Å². The number of anilines is 1. The number of aromatic nitrogens is 3. The van der Waals surface area contributed by atoms with Gasteiger partial charge in [0.1, 0.15) is 5.82 Å². The Bertz CT molecular complexity index is 643. The molecule has 114 valence electrons. The van der Waals surface area contributed by atoms with Crippen molar-refractivity contribution in [1.82, 2.24) is 19.9 Å². The molecule has 1 saturated heterocycles. The van der Waals surface area contributed by atoms with Crippen LogP contribution in [0.15, 0.2) is 12.1 Å². The lowest BCUT2D eigenvalue weighted by Crippen LogP contribution is -2.24. The van der Waals surface area contributed by atoms with E-state index in [4.69, 9.17) is 0 Å². The smallest absolute Gasteiger partial charge is 0.366 e. The van der Waals surface area contributed by atoms with Crippen molar-refractivity contribution in [2.45, 2.75) is 32.0 Å². The molecule has 1 aliphatic rings. The Kier molecular flexibility index (Phi) is 3.48. The molecule has 0 bridgehead atoms. The number of nitrogens with one attached hydrogen (secondary N) is 2. The fraction of sp³-hybridized carbons (Fsp3) is 0.538. The minimum absolute atomic E-state index is 0.103. The van der Waals surface area contributed by atoms with Crippen molar-refractivity contribution in [3.8, 4) is 0 Å². The molecule has 3 rings (SSSR count). The Balaban J connectivity index is 2.07. The van der Waals surface area contributed by atoms with Crippen LogP contribution in [0.25, 0.3) is 5.65 Å². The zero-order chi connectivity index (χ0) is 15.0. The molecule has 0 aliphatic carbocycles. The number of aryl methyl sites for hydroxylation is 1. The van der Waals surface area contributed by atoms with Gasteiger partial charge in [-0.25, -0.2) is 4.98 Å². The first-order chi connectivity index (χ1) is 9.97. The van der Waals surface area contributed by atoms with E-state index in [9.17, 15) is 13.2 Å². The summed E-state index contributed by atoms with van der Waals surface area (Å²) in [7, 11) is 0. The van der Waals surface area contributed by atoms with Crippen molar-refractivity contribution in [3.63, 3.8) is 0 Å². The summed E-state index contributed by atoms with van der Waals surface area (Å²) in [6.07, 6.45) is -2.95. The van der Waals surface area contributed by atoms with Gasteiger partial charge in [0.25, 0.3) is 0 Å². The SMILES string of the molecule is CCc1cc2nc(C(F)(F)F)cc(NC3CCNC3)n2n1. The van der Waals surface area contributed by atoms with E-state index >= 15 is 0 Å². The van der Waals surface area contributed by atoms with Gasteiger partial charge in [0.15, 0.2) is 11.3 Å². The second kappa shape index (κ2) is 5.18. The van der Waals surface area contributed by atoms with E-state index < -0.39 is 11.9 Å². The van der Waals surface area contributed by atoms with E-state index in [1.807, 2.05) is 6.92 Å². The minimum atomic E-state index is -4.47. The third-order valence-corrected chi connectivity index (χ3v) is 3.54. The molecule has 0 aromatic carbocycles. The van der Waals surface area contributed by atoms with Crippen LogP contribution in [0.5, 0.6) is 0 Å². The Morgan fingerprint density at radius 2 is 2.24 bits per heavy atom. The van der Waals surface area contributed by atoms with Crippen LogP contribution >= 0.6 is 0 Å². The van der Waals surface area contributed by atoms with Gasteiger partial charge in [-0.15, -0.1) is 0 Å². The van der Waals surface area contributed by atoms with E-state index in [1.54, 1.807) is 6.07 Å². The number of nitrogens with zero attached hydrogens (tertiary/aromatic N) is 3. The van der Waals surface area contributed by atoms with Crippen molar-refractivity contribution in [1.29, 1.82) is 0 Å². The first kappa shape index (κ1) is 14.1. The molecule has 1 atom stereocenters. The summed E-state index contributed by atoms with van der Waals surface area (Å²) >= 11 is 0. The maximum atomic E-state index is 13.0. The molecule has 0 saturated carbocycles. The molecule has 2 N–H and O–H groups in total. The van der Waals surface area contributed by atoms with Crippen LogP contribution in [0.2, 0.25) is 0 Å². The van der Waals surface area contributed by atoms with Gasteiger partial charge in [-0.3, -0.25) is 0 Å². The minimum Gasteiger partial charge on any atom is -0.366 e. The van der Waals surface area contributed by atoms with Crippen LogP contribution in [0, 0.1) is 0 Å². The number of hydrogen-bond acceptors (Lipinski definition) is 4. The highest BCUT2D eigenvalue weighted by Crippen LogP contribution is 2.30. The topological polar surface area (TPSA) is 54.2 Å². The van der Waals surface area contributed by atoms with Crippen LogP contribution < -0.4 is 10.6 Å². The standard InChI is InChI=1S/C13H16F3N5/c1-2-8-5-11-19-10(13(14,15)16)6-12(21(11)20-8)18-9-3-4-17-7-9/h5-6,9,17-18H,2-4,7H2,1H3. The molecular weight excluding hydrogens is 283 g/mol. The Morgan fingerprint density at radius 1 is 1.43 bits per heavy atom. The highest BCUT2D eigenvalue weighted by Gasteiger charge is 2.34. The van der Waals surface area contributed by atoms with Crippen molar-refractivity contribution >= 4 is 11.5 Å². The molecule has 1 aliphatic heterocycles. The fourth-order valence-electron chi connectivity index (χ4n) is 2.43. The molecule has 5 nitrogen and oxygen atoms in total. The van der Waals surface area contributed by atoms with E-state index in [2.05, 4.69) is 20.7 Å². The van der Waals surface area contributed by atoms with E-state index in [1.165, 1.54) is 4.52 Å². The van der Waals surface area contributed by atoms with Crippen LogP contribution in [0.3, 0.4) is 0 Å². The molecule has 3 heterocycles. The summed E-state index contributed by atoms with van der Waals surface area (Å²) in [6.45, 7) is 3.49. The van der Waals surface area contributed by atoms with Crippen LogP contribution in [-0.4, -0.2) is 33.7 Å². The summed E-state index contributed by atoms with van der Waals surface area (Å²) in [5.41, 5.74) is 0.0376. The average molecular weight is 299 g/mol. The van der Waals surface area contributed by atoms with Crippen molar-refractivity contribution in [2.75, 3.05) is 18.4 Å². The third kappa shape index (κ3) is 2.80. The molecule has 1 unspecified atom stereocenters. The van der Waals surface area contributed by atoms with Gasteiger partial charge in [-0.1, -0.05) is 6.92 Å². The van der Waals surface area contributed by atoms with E-state index in [0.717, 1.165) is 31.3 Å². The van der Waals surface area contributed by atoms with Gasteiger partial charge < -0.3 is 10.6 Å². The quantitative estimate of drug-likeness (QED) is 0.911. The monoisotopic (exact) mass is 299 g/mol. The highest BCUT2D eigenvalue weighted by molar-refractivity contribution is 5.51. The predicted octanol–water partition coefficient (Wildman–Crippen LogP) is 2.08. The predicted molar refractivity (Wildman–Crippen MR) is 72.3 cm³/mol. The fourth-order valence-corrected chi connectivity index (χ4v) is 2.43. The summed E-state index contributed by atoms with van der Waals surface area (Å²) in [5, 5.41) is 10.6. The van der Waals surface area contributed by atoms with Gasteiger partial charge in [-0.2, -0.15) is 22.8 Å². The first-order valence-corrected chi connectivity index (χ1v) is 6.91. The number of rotatable bonds is 3. The van der Waals surface area contributed by atoms with Crippen LogP contribution in [0.4, 0.5) is 19.0 Å². The summed E-state index contributed by atoms with van der Waals surface area (Å²) in [5.74, 6) is 0.334. The number of fused-ring (bicyclic) bond motifs is 1.